The molecule has 7 nitrogen and oxygen atoms in total. The van der Waals surface area contributed by atoms with Gasteiger partial charge in [0.1, 0.15) is 0 Å². The molecule has 1 atom stereocenters. The van der Waals surface area contributed by atoms with Crippen molar-refractivity contribution >= 4 is 29.3 Å². The van der Waals surface area contributed by atoms with Gasteiger partial charge in [0.25, 0.3) is 0 Å². The number of amides is 2. The Morgan fingerprint density at radius 2 is 1.88 bits per heavy atom. The van der Waals surface area contributed by atoms with Crippen LogP contribution in [0.25, 0.3) is 11.4 Å². The third-order valence-electron chi connectivity index (χ3n) is 4.69. The van der Waals surface area contributed by atoms with Crippen molar-refractivity contribution < 1.29 is 22.8 Å². The van der Waals surface area contributed by atoms with E-state index in [1.54, 1.807) is 6.92 Å². The molecule has 3 aromatic rings. The molecule has 0 saturated heterocycles. The molecule has 0 aliphatic carbocycles. The van der Waals surface area contributed by atoms with Gasteiger partial charge in [-0.05, 0) is 39.0 Å². The summed E-state index contributed by atoms with van der Waals surface area (Å²) in [6.07, 6.45) is 0. The number of aromatic nitrogens is 3. The second kappa shape index (κ2) is 10.5. The Morgan fingerprint density at radius 3 is 2.58 bits per heavy atom. The SMILES string of the molecule is CCn1c(SC(C)C(=O)NCC(=O)Nc2ccc(F)c(F)c2F)nnc1-c1cccc(C)c1. The fraction of sp³-hybridized carbons (Fsp3) is 0.273. The van der Waals surface area contributed by atoms with Crippen LogP contribution < -0.4 is 10.6 Å². The van der Waals surface area contributed by atoms with E-state index in [-0.39, 0.29) is 0 Å². The molecule has 0 aliphatic rings. The van der Waals surface area contributed by atoms with Crippen molar-refractivity contribution in [3.05, 3.63) is 59.4 Å². The predicted molar refractivity (Wildman–Crippen MR) is 119 cm³/mol. The van der Waals surface area contributed by atoms with Crippen molar-refractivity contribution in [1.29, 1.82) is 0 Å². The quantitative estimate of drug-likeness (QED) is 0.379. The second-order valence-electron chi connectivity index (χ2n) is 7.17. The van der Waals surface area contributed by atoms with E-state index in [1.165, 1.54) is 11.8 Å². The average molecular weight is 478 g/mol. The Labute approximate surface area is 192 Å². The summed E-state index contributed by atoms with van der Waals surface area (Å²) in [4.78, 5) is 24.4. The van der Waals surface area contributed by atoms with Gasteiger partial charge in [0.15, 0.2) is 28.4 Å². The third kappa shape index (κ3) is 5.72. The lowest BCUT2D eigenvalue weighted by atomic mass is 10.1. The molecule has 0 saturated carbocycles. The number of thioether (sulfide) groups is 1. The minimum atomic E-state index is -1.69. The number of halogens is 3. The Bertz CT molecular complexity index is 1180. The molecule has 1 unspecified atom stereocenters. The van der Waals surface area contributed by atoms with E-state index in [1.807, 2.05) is 42.7 Å². The largest absolute Gasteiger partial charge is 0.346 e. The number of aryl methyl sites for hydroxylation is 1. The minimum Gasteiger partial charge on any atom is -0.346 e. The van der Waals surface area contributed by atoms with Crippen molar-refractivity contribution in [2.75, 3.05) is 11.9 Å². The van der Waals surface area contributed by atoms with Crippen LogP contribution in [0.15, 0.2) is 41.6 Å². The van der Waals surface area contributed by atoms with Gasteiger partial charge in [-0.1, -0.05) is 35.5 Å². The molecule has 0 aliphatic heterocycles. The van der Waals surface area contributed by atoms with Gasteiger partial charge in [-0.3, -0.25) is 9.59 Å². The van der Waals surface area contributed by atoms with E-state index < -0.39 is 46.7 Å². The van der Waals surface area contributed by atoms with Crippen molar-refractivity contribution in [2.24, 2.45) is 0 Å². The summed E-state index contributed by atoms with van der Waals surface area (Å²) in [6, 6.07) is 9.43. The fourth-order valence-corrected chi connectivity index (χ4v) is 3.94. The van der Waals surface area contributed by atoms with E-state index in [2.05, 4.69) is 20.8 Å². The zero-order valence-corrected chi connectivity index (χ0v) is 19.0. The zero-order valence-electron chi connectivity index (χ0n) is 18.2. The summed E-state index contributed by atoms with van der Waals surface area (Å²) < 4.78 is 41.8. The maximum absolute atomic E-state index is 13.7. The number of nitrogens with zero attached hydrogens (tertiary/aromatic N) is 3. The van der Waals surface area contributed by atoms with Crippen molar-refractivity contribution in [1.82, 2.24) is 20.1 Å². The van der Waals surface area contributed by atoms with Crippen molar-refractivity contribution in [2.45, 2.75) is 37.7 Å². The van der Waals surface area contributed by atoms with Crippen LogP contribution in [-0.4, -0.2) is 38.4 Å². The van der Waals surface area contributed by atoms with Crippen molar-refractivity contribution in [3.8, 4) is 11.4 Å². The maximum Gasteiger partial charge on any atom is 0.243 e. The monoisotopic (exact) mass is 477 g/mol. The molecule has 0 radical (unpaired) electrons. The highest BCUT2D eigenvalue weighted by Crippen LogP contribution is 2.27. The van der Waals surface area contributed by atoms with Gasteiger partial charge < -0.3 is 15.2 Å². The standard InChI is InChI=1S/C22H22F3N5O2S/c1-4-30-20(14-7-5-6-12(2)10-14)28-29-22(30)33-13(3)21(32)26-11-17(31)27-16-9-8-15(23)18(24)19(16)25/h5-10,13H,4,11H2,1-3H3,(H,26,32)(H,27,31). The zero-order chi connectivity index (χ0) is 24.1. The third-order valence-corrected chi connectivity index (χ3v) is 5.77. The normalized spacial score (nSPS) is 11.8. The van der Waals surface area contributed by atoms with E-state index in [4.69, 9.17) is 0 Å². The first-order chi connectivity index (χ1) is 15.7. The molecule has 174 valence electrons. The number of rotatable bonds is 8. The van der Waals surface area contributed by atoms with E-state index in [0.717, 1.165) is 17.2 Å². The molecule has 0 fully saturated rings. The number of hydrogen-bond donors (Lipinski definition) is 2. The Morgan fingerprint density at radius 1 is 1.12 bits per heavy atom. The minimum absolute atomic E-state index is 0.455. The molecule has 2 N–H and O–H groups in total. The van der Waals surface area contributed by atoms with Gasteiger partial charge in [-0.25, -0.2) is 13.2 Å². The highest BCUT2D eigenvalue weighted by molar-refractivity contribution is 8.00. The maximum atomic E-state index is 13.7. The lowest BCUT2D eigenvalue weighted by Gasteiger charge is -2.13. The van der Waals surface area contributed by atoms with Crippen LogP contribution in [0.3, 0.4) is 0 Å². The average Bonchev–Trinajstić information content (AvgIpc) is 3.20. The summed E-state index contributed by atoms with van der Waals surface area (Å²) in [6.45, 7) is 5.69. The number of benzene rings is 2. The first kappa shape index (κ1) is 24.3. The molecule has 0 spiro atoms. The van der Waals surface area contributed by atoms with Gasteiger partial charge in [-0.2, -0.15) is 0 Å². The lowest BCUT2D eigenvalue weighted by molar-refractivity contribution is -0.123. The molecule has 33 heavy (non-hydrogen) atoms. The molecule has 2 aromatic carbocycles. The van der Waals surface area contributed by atoms with E-state index >= 15 is 0 Å². The summed E-state index contributed by atoms with van der Waals surface area (Å²) >= 11 is 1.18. The molecular weight excluding hydrogens is 455 g/mol. The van der Waals surface area contributed by atoms with Crippen LogP contribution in [0.4, 0.5) is 18.9 Å². The summed E-state index contributed by atoms with van der Waals surface area (Å²) in [5.41, 5.74) is 1.48. The summed E-state index contributed by atoms with van der Waals surface area (Å²) in [7, 11) is 0. The van der Waals surface area contributed by atoms with Crippen LogP contribution in [0.5, 0.6) is 0 Å². The molecule has 3 rings (SSSR count). The Hall–Kier alpha value is -3.34. The first-order valence-electron chi connectivity index (χ1n) is 10.1. The molecule has 2 amide bonds. The van der Waals surface area contributed by atoms with E-state index in [9.17, 15) is 22.8 Å². The number of carbonyl (C=O) groups is 2. The van der Waals surface area contributed by atoms with E-state index in [0.29, 0.717) is 23.6 Å². The lowest BCUT2D eigenvalue weighted by Crippen LogP contribution is -2.37. The van der Waals surface area contributed by atoms with Crippen LogP contribution in [0, 0.1) is 24.4 Å². The second-order valence-corrected chi connectivity index (χ2v) is 8.48. The van der Waals surface area contributed by atoms with Gasteiger partial charge in [0, 0.05) is 12.1 Å². The summed E-state index contributed by atoms with van der Waals surface area (Å²) in [5.74, 6) is -5.12. The molecular formula is C22H22F3N5O2S. The highest BCUT2D eigenvalue weighted by atomic mass is 32.2. The predicted octanol–water partition coefficient (Wildman–Crippen LogP) is 3.93. The topological polar surface area (TPSA) is 88.9 Å². The number of carbonyl (C=O) groups excluding carboxylic acids is 2. The van der Waals surface area contributed by atoms with Crippen LogP contribution >= 0.6 is 11.8 Å². The van der Waals surface area contributed by atoms with Crippen LogP contribution in [0.1, 0.15) is 19.4 Å². The number of nitrogens with one attached hydrogen (secondary N) is 2. The van der Waals surface area contributed by atoms with Gasteiger partial charge in [-0.15, -0.1) is 10.2 Å². The Balaban J connectivity index is 1.60. The Kier molecular flexibility index (Phi) is 7.75. The number of hydrogen-bond acceptors (Lipinski definition) is 5. The van der Waals surface area contributed by atoms with Crippen molar-refractivity contribution in [3.63, 3.8) is 0 Å². The van der Waals surface area contributed by atoms with Crippen LogP contribution in [-0.2, 0) is 16.1 Å². The highest BCUT2D eigenvalue weighted by Gasteiger charge is 2.21. The molecule has 11 heteroatoms. The number of anilines is 1. The van der Waals surface area contributed by atoms with Gasteiger partial charge in [0.05, 0.1) is 17.5 Å². The summed E-state index contributed by atoms with van der Waals surface area (Å²) in [5, 5.41) is 12.9. The smallest absolute Gasteiger partial charge is 0.243 e. The first-order valence-corrected chi connectivity index (χ1v) is 11.0. The van der Waals surface area contributed by atoms with Gasteiger partial charge in [0.2, 0.25) is 11.8 Å². The molecule has 0 bridgehead atoms. The fourth-order valence-electron chi connectivity index (χ4n) is 3.00. The molecule has 1 heterocycles. The van der Waals surface area contributed by atoms with Crippen LogP contribution in [0.2, 0.25) is 0 Å². The van der Waals surface area contributed by atoms with Gasteiger partial charge >= 0.3 is 0 Å². The molecule has 1 aromatic heterocycles.